The van der Waals surface area contributed by atoms with Crippen molar-refractivity contribution >= 4 is 39.0 Å². The lowest BCUT2D eigenvalue weighted by molar-refractivity contribution is 0.0531. The highest BCUT2D eigenvalue weighted by Gasteiger charge is 2.21. The van der Waals surface area contributed by atoms with Gasteiger partial charge in [-0.3, -0.25) is 0 Å². The van der Waals surface area contributed by atoms with Gasteiger partial charge in [0.05, 0.1) is 17.7 Å². The summed E-state index contributed by atoms with van der Waals surface area (Å²) in [5, 5.41) is 14.0. The summed E-state index contributed by atoms with van der Waals surface area (Å²) < 4.78 is 5.12. The lowest BCUT2D eigenvalue weighted by atomic mass is 10.1. The summed E-state index contributed by atoms with van der Waals surface area (Å²) in [6.07, 6.45) is 0. The molecule has 0 radical (unpaired) electrons. The molecule has 0 aliphatic heterocycles. The van der Waals surface area contributed by atoms with E-state index >= 15 is 0 Å². The van der Waals surface area contributed by atoms with Gasteiger partial charge in [-0.1, -0.05) is 6.07 Å². The number of ether oxygens (including phenoxy) is 1. The molecule has 2 heterocycles. The van der Waals surface area contributed by atoms with E-state index < -0.39 is 0 Å². The van der Waals surface area contributed by atoms with Crippen LogP contribution in [0.3, 0.4) is 0 Å². The van der Waals surface area contributed by atoms with E-state index in [9.17, 15) is 9.90 Å². The van der Waals surface area contributed by atoms with E-state index in [1.165, 1.54) is 11.3 Å². The van der Waals surface area contributed by atoms with Crippen molar-refractivity contribution < 1.29 is 14.6 Å². The zero-order valence-electron chi connectivity index (χ0n) is 14.5. The number of phenolic OH excluding ortho intramolecular Hbond substituents is 1. The highest BCUT2D eigenvalue weighted by Crippen LogP contribution is 2.37. The molecule has 0 aliphatic carbocycles. The van der Waals surface area contributed by atoms with Gasteiger partial charge in [0.1, 0.15) is 27.1 Å². The predicted octanol–water partition coefficient (Wildman–Crippen LogP) is 4.24. The van der Waals surface area contributed by atoms with E-state index in [1.54, 1.807) is 19.9 Å². The Bertz CT molecular complexity index is 966. The highest BCUT2D eigenvalue weighted by atomic mass is 32.1. The van der Waals surface area contributed by atoms with Crippen LogP contribution in [0.25, 0.3) is 10.2 Å². The monoisotopic (exact) mass is 357 g/mol. The Morgan fingerprint density at radius 2 is 2.04 bits per heavy atom. The number of aryl methyl sites for hydroxylation is 3. The molecule has 3 rings (SSSR count). The third-order valence-electron chi connectivity index (χ3n) is 3.77. The average Bonchev–Trinajstić information content (AvgIpc) is 2.88. The van der Waals surface area contributed by atoms with Crippen molar-refractivity contribution in [2.75, 3.05) is 11.9 Å². The topological polar surface area (TPSA) is 84.3 Å². The predicted molar refractivity (Wildman–Crippen MR) is 99.0 cm³/mol. The van der Waals surface area contributed by atoms with E-state index in [0.717, 1.165) is 16.5 Å². The van der Waals surface area contributed by atoms with Gasteiger partial charge in [-0.2, -0.15) is 0 Å². The van der Waals surface area contributed by atoms with Crippen LogP contribution in [0, 0.1) is 20.8 Å². The van der Waals surface area contributed by atoms with Gasteiger partial charge in [0, 0.05) is 0 Å². The molecule has 0 atom stereocenters. The molecule has 2 aromatic heterocycles. The van der Waals surface area contributed by atoms with Crippen molar-refractivity contribution in [3.63, 3.8) is 0 Å². The Morgan fingerprint density at radius 1 is 1.28 bits per heavy atom. The summed E-state index contributed by atoms with van der Waals surface area (Å²) >= 11 is 1.29. The third kappa shape index (κ3) is 3.28. The molecule has 25 heavy (non-hydrogen) atoms. The Morgan fingerprint density at radius 3 is 2.76 bits per heavy atom. The number of carbonyl (C=O) groups excluding carboxylic acids is 1. The Balaban J connectivity index is 2.14. The lowest BCUT2D eigenvalue weighted by Crippen LogP contribution is -2.04. The number of anilines is 2. The molecule has 3 aromatic rings. The summed E-state index contributed by atoms with van der Waals surface area (Å²) in [6.45, 7) is 7.68. The minimum absolute atomic E-state index is 0.133. The molecular weight excluding hydrogens is 338 g/mol. The number of benzene rings is 1. The maximum atomic E-state index is 12.2. The maximum Gasteiger partial charge on any atom is 0.348 e. The van der Waals surface area contributed by atoms with Gasteiger partial charge in [-0.05, 0) is 51.0 Å². The highest BCUT2D eigenvalue weighted by molar-refractivity contribution is 7.20. The zero-order valence-corrected chi connectivity index (χ0v) is 15.3. The molecule has 0 saturated carbocycles. The van der Waals surface area contributed by atoms with E-state index in [4.69, 9.17) is 4.74 Å². The Hall–Kier alpha value is -2.67. The van der Waals surface area contributed by atoms with Crippen molar-refractivity contribution in [2.45, 2.75) is 27.7 Å². The van der Waals surface area contributed by atoms with Crippen LogP contribution in [-0.4, -0.2) is 27.7 Å². The molecule has 6 nitrogen and oxygen atoms in total. The first-order valence-electron chi connectivity index (χ1n) is 7.92. The Kier molecular flexibility index (Phi) is 4.59. The molecule has 0 aliphatic rings. The van der Waals surface area contributed by atoms with Gasteiger partial charge in [0.2, 0.25) is 0 Å². The number of hydrogen-bond donors (Lipinski definition) is 2. The number of fused-ring (bicyclic) bond motifs is 1. The lowest BCUT2D eigenvalue weighted by Gasteiger charge is -2.11. The smallest absolute Gasteiger partial charge is 0.348 e. The van der Waals surface area contributed by atoms with Crippen molar-refractivity contribution in [3.05, 3.63) is 40.0 Å². The summed E-state index contributed by atoms with van der Waals surface area (Å²) in [5.74, 6) is 0.921. The van der Waals surface area contributed by atoms with E-state index in [1.807, 2.05) is 26.0 Å². The molecule has 2 N–H and O–H groups in total. The van der Waals surface area contributed by atoms with E-state index in [-0.39, 0.29) is 11.7 Å². The number of hydrogen-bond acceptors (Lipinski definition) is 7. The summed E-state index contributed by atoms with van der Waals surface area (Å²) in [4.78, 5) is 22.3. The van der Waals surface area contributed by atoms with Crippen LogP contribution in [0.2, 0.25) is 0 Å². The van der Waals surface area contributed by atoms with E-state index in [2.05, 4.69) is 15.3 Å². The van der Waals surface area contributed by atoms with Gasteiger partial charge < -0.3 is 15.2 Å². The first-order valence-corrected chi connectivity index (χ1v) is 8.73. The van der Waals surface area contributed by atoms with E-state index in [0.29, 0.717) is 33.6 Å². The molecular formula is C18H19N3O3S. The summed E-state index contributed by atoms with van der Waals surface area (Å²) in [5.41, 5.74) is 2.34. The van der Waals surface area contributed by atoms with Crippen molar-refractivity contribution in [3.8, 4) is 5.75 Å². The zero-order chi connectivity index (χ0) is 18.1. The fourth-order valence-corrected chi connectivity index (χ4v) is 3.73. The Labute approximate surface area is 149 Å². The van der Waals surface area contributed by atoms with Crippen molar-refractivity contribution in [2.24, 2.45) is 0 Å². The van der Waals surface area contributed by atoms with Crippen LogP contribution >= 0.6 is 11.3 Å². The number of esters is 1. The number of aromatic nitrogens is 2. The van der Waals surface area contributed by atoms with Crippen LogP contribution in [0.15, 0.2) is 18.2 Å². The molecule has 0 spiro atoms. The summed E-state index contributed by atoms with van der Waals surface area (Å²) in [7, 11) is 0. The fraction of sp³-hybridized carbons (Fsp3) is 0.278. The molecule has 0 bridgehead atoms. The average molecular weight is 357 g/mol. The first kappa shape index (κ1) is 17.2. The van der Waals surface area contributed by atoms with Gasteiger partial charge in [0.25, 0.3) is 0 Å². The van der Waals surface area contributed by atoms with Gasteiger partial charge in [-0.15, -0.1) is 11.3 Å². The number of aromatic hydroxyl groups is 1. The number of nitrogens with zero attached hydrogens (tertiary/aromatic N) is 2. The van der Waals surface area contributed by atoms with Gasteiger partial charge >= 0.3 is 5.97 Å². The first-order chi connectivity index (χ1) is 11.9. The van der Waals surface area contributed by atoms with Crippen LogP contribution in [0.4, 0.5) is 11.5 Å². The minimum atomic E-state index is -0.356. The normalized spacial score (nSPS) is 10.9. The van der Waals surface area contributed by atoms with Crippen molar-refractivity contribution in [1.82, 2.24) is 9.97 Å². The minimum Gasteiger partial charge on any atom is -0.506 e. The molecule has 0 saturated heterocycles. The molecule has 130 valence electrons. The summed E-state index contributed by atoms with van der Waals surface area (Å²) in [6, 6.07) is 5.30. The van der Waals surface area contributed by atoms with Crippen LogP contribution in [-0.2, 0) is 4.74 Å². The molecule has 0 unspecified atom stereocenters. The number of thiophene rings is 1. The van der Waals surface area contributed by atoms with Gasteiger partial charge in [-0.25, -0.2) is 14.8 Å². The van der Waals surface area contributed by atoms with Crippen LogP contribution < -0.4 is 5.32 Å². The number of rotatable bonds is 4. The molecule has 7 heteroatoms. The fourth-order valence-electron chi connectivity index (χ4n) is 2.60. The maximum absolute atomic E-state index is 12.2. The second-order valence-electron chi connectivity index (χ2n) is 5.72. The molecule has 1 aromatic carbocycles. The largest absolute Gasteiger partial charge is 0.506 e. The van der Waals surface area contributed by atoms with Crippen LogP contribution in [0.1, 0.15) is 33.5 Å². The van der Waals surface area contributed by atoms with Crippen molar-refractivity contribution in [1.29, 1.82) is 0 Å². The second-order valence-corrected chi connectivity index (χ2v) is 6.72. The number of nitrogens with one attached hydrogen (secondary N) is 1. The quantitative estimate of drug-likeness (QED) is 0.537. The number of phenols is 1. The standard InChI is InChI=1S/C18H19N3O3S/c1-5-24-18(23)15-10(3)14-16(19-11(4)20-17(14)25-15)21-12-8-9(2)6-7-13(12)22/h6-8,22H,5H2,1-4H3,(H,19,20,21). The third-order valence-corrected chi connectivity index (χ3v) is 4.93. The number of carbonyl (C=O) groups is 1. The van der Waals surface area contributed by atoms with Gasteiger partial charge in [0.15, 0.2) is 0 Å². The second kappa shape index (κ2) is 6.68. The van der Waals surface area contributed by atoms with Crippen LogP contribution in [0.5, 0.6) is 5.75 Å². The molecule has 0 amide bonds. The SMILES string of the molecule is CCOC(=O)c1sc2nc(C)nc(Nc3cc(C)ccc3O)c2c1C. The molecule has 0 fully saturated rings.